The van der Waals surface area contributed by atoms with E-state index in [1.807, 2.05) is 11.0 Å². The average Bonchev–Trinajstić information content (AvgIpc) is 3.41. The lowest BCUT2D eigenvalue weighted by Gasteiger charge is -2.29. The number of carbonyl (C=O) groups excluding carboxylic acids is 1. The number of amides is 1. The predicted octanol–water partition coefficient (Wildman–Crippen LogP) is 3.21. The number of halogens is 1. The highest BCUT2D eigenvalue weighted by Crippen LogP contribution is 2.48. The van der Waals surface area contributed by atoms with Crippen molar-refractivity contribution in [2.75, 3.05) is 6.54 Å². The highest BCUT2D eigenvalue weighted by molar-refractivity contribution is 5.88. The van der Waals surface area contributed by atoms with Crippen LogP contribution in [0, 0.1) is 11.7 Å². The van der Waals surface area contributed by atoms with E-state index >= 15 is 0 Å². The Hall–Kier alpha value is -2.69. The molecule has 1 N–H and O–H groups in total. The van der Waals surface area contributed by atoms with E-state index in [4.69, 9.17) is 5.11 Å². The van der Waals surface area contributed by atoms with Crippen molar-refractivity contribution in [1.82, 2.24) is 4.90 Å². The smallest absolute Gasteiger partial charge is 0.335 e. The maximum Gasteiger partial charge on any atom is 0.335 e. The van der Waals surface area contributed by atoms with Gasteiger partial charge in [-0.25, -0.2) is 9.18 Å². The van der Waals surface area contributed by atoms with E-state index in [-0.39, 0.29) is 29.1 Å². The Bertz CT molecular complexity index is 847. The second kappa shape index (κ2) is 5.99. The number of carbonyl (C=O) groups is 2. The Labute approximate surface area is 144 Å². The molecule has 1 heterocycles. The van der Waals surface area contributed by atoms with Crippen molar-refractivity contribution in [2.24, 2.45) is 5.92 Å². The van der Waals surface area contributed by atoms with E-state index in [1.54, 1.807) is 24.3 Å². The second-order valence-corrected chi connectivity index (χ2v) is 6.80. The van der Waals surface area contributed by atoms with Gasteiger partial charge in [0.05, 0.1) is 5.56 Å². The summed E-state index contributed by atoms with van der Waals surface area (Å²) < 4.78 is 13.0. The fourth-order valence-electron chi connectivity index (χ4n) is 3.66. The van der Waals surface area contributed by atoms with E-state index < -0.39 is 5.97 Å². The Kier molecular flexibility index (Phi) is 3.79. The molecule has 2 aromatic carbocycles. The summed E-state index contributed by atoms with van der Waals surface area (Å²) in [5, 5.41) is 9.13. The molecule has 25 heavy (non-hydrogen) atoms. The summed E-state index contributed by atoms with van der Waals surface area (Å²) in [5.74, 6) is -0.991. The number of aromatic carboxylic acids is 1. The van der Waals surface area contributed by atoms with Gasteiger partial charge in [0.2, 0.25) is 5.91 Å². The molecular weight excluding hydrogens is 321 g/mol. The summed E-state index contributed by atoms with van der Waals surface area (Å²) >= 11 is 0. The molecule has 0 bridgehead atoms. The first-order valence-electron chi connectivity index (χ1n) is 8.42. The number of hydrogen-bond acceptors (Lipinski definition) is 2. The first-order chi connectivity index (χ1) is 12.0. The largest absolute Gasteiger partial charge is 0.478 e. The number of fused-ring (bicyclic) bond motifs is 1. The molecule has 2 aromatic rings. The zero-order chi connectivity index (χ0) is 17.6. The van der Waals surface area contributed by atoms with Gasteiger partial charge in [-0.3, -0.25) is 4.79 Å². The van der Waals surface area contributed by atoms with Crippen LogP contribution in [0.5, 0.6) is 0 Å². The lowest BCUT2D eigenvalue weighted by molar-refractivity contribution is -0.133. The summed E-state index contributed by atoms with van der Waals surface area (Å²) in [4.78, 5) is 25.7. The molecule has 1 saturated carbocycles. The van der Waals surface area contributed by atoms with Crippen LogP contribution in [0.4, 0.5) is 4.39 Å². The maximum atomic E-state index is 13.0. The van der Waals surface area contributed by atoms with Crippen LogP contribution in [0.15, 0.2) is 42.5 Å². The van der Waals surface area contributed by atoms with Gasteiger partial charge < -0.3 is 10.0 Å². The summed E-state index contributed by atoms with van der Waals surface area (Å²) in [6.07, 6.45) is 1.54. The van der Waals surface area contributed by atoms with Crippen LogP contribution < -0.4 is 0 Å². The van der Waals surface area contributed by atoms with Crippen LogP contribution in [0.25, 0.3) is 0 Å². The third-order valence-corrected chi connectivity index (χ3v) is 5.18. The molecule has 2 atom stereocenters. The molecule has 1 aliphatic carbocycles. The quantitative estimate of drug-likeness (QED) is 0.934. The molecule has 1 aliphatic heterocycles. The fourth-order valence-corrected chi connectivity index (χ4v) is 3.66. The van der Waals surface area contributed by atoms with Gasteiger partial charge in [-0.1, -0.05) is 18.2 Å². The summed E-state index contributed by atoms with van der Waals surface area (Å²) in [5.41, 5.74) is 3.28. The molecule has 1 fully saturated rings. The van der Waals surface area contributed by atoms with Crippen LogP contribution in [0.2, 0.25) is 0 Å². The topological polar surface area (TPSA) is 57.6 Å². The average molecular weight is 339 g/mol. The van der Waals surface area contributed by atoms with E-state index in [9.17, 15) is 14.0 Å². The van der Waals surface area contributed by atoms with E-state index in [1.165, 1.54) is 12.1 Å². The summed E-state index contributed by atoms with van der Waals surface area (Å²) in [6, 6.07) is 11.5. The van der Waals surface area contributed by atoms with Gasteiger partial charge >= 0.3 is 5.97 Å². The monoisotopic (exact) mass is 339 g/mol. The first-order valence-corrected chi connectivity index (χ1v) is 8.42. The third-order valence-electron chi connectivity index (χ3n) is 5.18. The highest BCUT2D eigenvalue weighted by Gasteiger charge is 2.46. The molecule has 5 heteroatoms. The van der Waals surface area contributed by atoms with E-state index in [0.717, 1.165) is 29.5 Å². The van der Waals surface area contributed by atoms with Crippen LogP contribution in [0.3, 0.4) is 0 Å². The summed E-state index contributed by atoms with van der Waals surface area (Å²) in [7, 11) is 0. The fraction of sp³-hybridized carbons (Fsp3) is 0.300. The molecule has 2 aliphatic rings. The first kappa shape index (κ1) is 15.8. The van der Waals surface area contributed by atoms with Crippen LogP contribution >= 0.6 is 0 Å². The minimum Gasteiger partial charge on any atom is -0.478 e. The maximum absolute atomic E-state index is 13.0. The highest BCUT2D eigenvalue weighted by atomic mass is 19.1. The van der Waals surface area contributed by atoms with Crippen molar-refractivity contribution in [3.63, 3.8) is 0 Å². The molecule has 128 valence electrons. The Morgan fingerprint density at radius 3 is 2.56 bits per heavy atom. The van der Waals surface area contributed by atoms with Crippen molar-refractivity contribution < 1.29 is 19.1 Å². The minimum absolute atomic E-state index is 0.0466. The molecule has 0 radical (unpaired) electrons. The molecule has 0 spiro atoms. The molecule has 4 rings (SSSR count). The Morgan fingerprint density at radius 2 is 1.84 bits per heavy atom. The SMILES string of the molecule is O=C(O)c1ccc2c(c1)CN(C(=O)C1CC1c1ccc(F)cc1)CC2. The van der Waals surface area contributed by atoms with E-state index in [2.05, 4.69) is 0 Å². The van der Waals surface area contributed by atoms with Crippen LogP contribution in [-0.2, 0) is 17.8 Å². The number of carboxylic acids is 1. The van der Waals surface area contributed by atoms with Crippen molar-refractivity contribution in [2.45, 2.75) is 25.3 Å². The number of carboxylic acid groups (broad SMARTS) is 1. The van der Waals surface area contributed by atoms with Gasteiger partial charge in [0, 0.05) is 19.0 Å². The molecule has 0 saturated heterocycles. The van der Waals surface area contributed by atoms with Crippen molar-refractivity contribution in [1.29, 1.82) is 0 Å². The lowest BCUT2D eigenvalue weighted by Crippen LogP contribution is -2.37. The zero-order valence-electron chi connectivity index (χ0n) is 13.6. The molecule has 4 nitrogen and oxygen atoms in total. The van der Waals surface area contributed by atoms with Crippen molar-refractivity contribution >= 4 is 11.9 Å². The van der Waals surface area contributed by atoms with Crippen LogP contribution in [0.1, 0.15) is 39.4 Å². The number of hydrogen-bond donors (Lipinski definition) is 1. The Morgan fingerprint density at radius 1 is 1.08 bits per heavy atom. The molecule has 0 aromatic heterocycles. The predicted molar refractivity (Wildman–Crippen MR) is 89.8 cm³/mol. The standard InChI is InChI=1S/C20H18FNO3/c21-16-5-3-13(4-6-16)17-10-18(17)19(23)22-8-7-12-1-2-14(20(24)25)9-15(12)11-22/h1-6,9,17-18H,7-8,10-11H2,(H,24,25). The number of benzene rings is 2. The zero-order valence-corrected chi connectivity index (χ0v) is 13.6. The lowest BCUT2D eigenvalue weighted by atomic mass is 9.97. The van der Waals surface area contributed by atoms with E-state index in [0.29, 0.717) is 13.1 Å². The van der Waals surface area contributed by atoms with Crippen molar-refractivity contribution in [3.05, 3.63) is 70.5 Å². The number of nitrogens with zero attached hydrogens (tertiary/aromatic N) is 1. The van der Waals surface area contributed by atoms with Gasteiger partial charge in [0.1, 0.15) is 5.82 Å². The number of rotatable bonds is 3. The van der Waals surface area contributed by atoms with Gasteiger partial charge in [-0.15, -0.1) is 0 Å². The molecular formula is C20H18FNO3. The van der Waals surface area contributed by atoms with Gasteiger partial charge in [-0.05, 0) is 59.7 Å². The Balaban J connectivity index is 1.47. The van der Waals surface area contributed by atoms with Gasteiger partial charge in [0.25, 0.3) is 0 Å². The molecule has 1 amide bonds. The second-order valence-electron chi connectivity index (χ2n) is 6.80. The molecule has 2 unspecified atom stereocenters. The third kappa shape index (κ3) is 3.02. The minimum atomic E-state index is -0.954. The van der Waals surface area contributed by atoms with Crippen LogP contribution in [-0.4, -0.2) is 28.4 Å². The summed E-state index contributed by atoms with van der Waals surface area (Å²) in [6.45, 7) is 1.12. The normalized spacial score (nSPS) is 21.6. The van der Waals surface area contributed by atoms with Crippen molar-refractivity contribution in [3.8, 4) is 0 Å². The van der Waals surface area contributed by atoms with Gasteiger partial charge in [-0.2, -0.15) is 0 Å². The van der Waals surface area contributed by atoms with Gasteiger partial charge in [0.15, 0.2) is 0 Å².